The summed E-state index contributed by atoms with van der Waals surface area (Å²) in [5.74, 6) is 0.658. The topological polar surface area (TPSA) is 9.23 Å². The Morgan fingerprint density at radius 2 is 2.08 bits per heavy atom. The minimum absolute atomic E-state index is 0.604. The van der Waals surface area contributed by atoms with E-state index in [1.54, 1.807) is 18.2 Å². The summed E-state index contributed by atoms with van der Waals surface area (Å²) in [6.45, 7) is 2.71. The Balaban J connectivity index is 2.75. The Morgan fingerprint density at radius 3 is 2.75 bits per heavy atom. The van der Waals surface area contributed by atoms with E-state index < -0.39 is 0 Å². The Hall–Kier alpha value is -0.400. The highest BCUT2D eigenvalue weighted by molar-refractivity contribution is 6.34. The molecule has 12 heavy (non-hydrogen) atoms. The van der Waals surface area contributed by atoms with Gasteiger partial charge in [-0.25, -0.2) is 0 Å². The molecule has 0 heterocycles. The van der Waals surface area contributed by atoms with Crippen LogP contribution < -0.4 is 4.74 Å². The molecule has 0 unspecified atom stereocenters. The van der Waals surface area contributed by atoms with Gasteiger partial charge in [0.15, 0.2) is 0 Å². The van der Waals surface area contributed by atoms with Crippen LogP contribution in [0.2, 0.25) is 10.0 Å². The Labute approximate surface area is 82.2 Å². The van der Waals surface area contributed by atoms with Crippen LogP contribution in [-0.2, 0) is 0 Å². The predicted molar refractivity (Wildman–Crippen MR) is 52.2 cm³/mol. The van der Waals surface area contributed by atoms with Gasteiger partial charge in [-0.15, -0.1) is 0 Å². The Morgan fingerprint density at radius 1 is 1.33 bits per heavy atom. The SMILES string of the molecule is CCCOc1cc(Cl)ccc1Cl. The van der Waals surface area contributed by atoms with Crippen molar-refractivity contribution < 1.29 is 4.74 Å². The van der Waals surface area contributed by atoms with Gasteiger partial charge in [-0.05, 0) is 18.6 Å². The fourth-order valence-corrected chi connectivity index (χ4v) is 1.13. The number of hydrogen-bond donors (Lipinski definition) is 0. The third-order valence-electron chi connectivity index (χ3n) is 1.35. The highest BCUT2D eigenvalue weighted by Gasteiger charge is 2.00. The molecule has 0 saturated heterocycles. The summed E-state index contributed by atoms with van der Waals surface area (Å²) >= 11 is 11.6. The average Bonchev–Trinajstić information content (AvgIpc) is 2.07. The van der Waals surface area contributed by atoms with Gasteiger partial charge in [-0.2, -0.15) is 0 Å². The number of halogens is 2. The van der Waals surface area contributed by atoms with Crippen molar-refractivity contribution in [3.63, 3.8) is 0 Å². The molecule has 0 fully saturated rings. The number of benzene rings is 1. The monoisotopic (exact) mass is 204 g/mol. The molecule has 3 heteroatoms. The standard InChI is InChI=1S/C9H10Cl2O/c1-2-5-12-9-6-7(10)3-4-8(9)11/h3-4,6H,2,5H2,1H3. The Bertz CT molecular complexity index is 261. The highest BCUT2D eigenvalue weighted by Crippen LogP contribution is 2.27. The van der Waals surface area contributed by atoms with Gasteiger partial charge in [-0.1, -0.05) is 30.1 Å². The first-order chi connectivity index (χ1) is 5.74. The van der Waals surface area contributed by atoms with Gasteiger partial charge < -0.3 is 4.74 Å². The second kappa shape index (κ2) is 4.58. The molecule has 0 atom stereocenters. The highest BCUT2D eigenvalue weighted by atomic mass is 35.5. The molecule has 1 rings (SSSR count). The maximum absolute atomic E-state index is 5.85. The van der Waals surface area contributed by atoms with Crippen LogP contribution in [0.3, 0.4) is 0 Å². The third kappa shape index (κ3) is 2.58. The van der Waals surface area contributed by atoms with E-state index in [1.165, 1.54) is 0 Å². The molecule has 0 aliphatic carbocycles. The molecule has 0 saturated carbocycles. The quantitative estimate of drug-likeness (QED) is 0.729. The lowest BCUT2D eigenvalue weighted by Gasteiger charge is -2.06. The molecular formula is C9H10Cl2O. The van der Waals surface area contributed by atoms with E-state index in [-0.39, 0.29) is 0 Å². The van der Waals surface area contributed by atoms with Crippen LogP contribution in [0.15, 0.2) is 18.2 Å². The summed E-state index contributed by atoms with van der Waals surface area (Å²) < 4.78 is 5.35. The number of rotatable bonds is 3. The van der Waals surface area contributed by atoms with Gasteiger partial charge in [0, 0.05) is 11.1 Å². The van der Waals surface area contributed by atoms with Crippen LogP contribution in [0.1, 0.15) is 13.3 Å². The van der Waals surface area contributed by atoms with Crippen LogP contribution in [0, 0.1) is 0 Å². The maximum atomic E-state index is 5.85. The zero-order valence-corrected chi connectivity index (χ0v) is 8.32. The van der Waals surface area contributed by atoms with Gasteiger partial charge >= 0.3 is 0 Å². The maximum Gasteiger partial charge on any atom is 0.139 e. The first-order valence-electron chi connectivity index (χ1n) is 3.82. The van der Waals surface area contributed by atoms with Gasteiger partial charge in [0.25, 0.3) is 0 Å². The van der Waals surface area contributed by atoms with E-state index in [2.05, 4.69) is 0 Å². The fraction of sp³-hybridized carbons (Fsp3) is 0.333. The summed E-state index contributed by atoms with van der Waals surface area (Å²) in [6.07, 6.45) is 0.961. The van der Waals surface area contributed by atoms with Crippen molar-refractivity contribution in [3.8, 4) is 5.75 Å². The van der Waals surface area contributed by atoms with Crippen molar-refractivity contribution in [2.75, 3.05) is 6.61 Å². The summed E-state index contributed by atoms with van der Waals surface area (Å²) in [7, 11) is 0. The van der Waals surface area contributed by atoms with Gasteiger partial charge in [0.1, 0.15) is 5.75 Å². The first-order valence-corrected chi connectivity index (χ1v) is 4.57. The lowest BCUT2D eigenvalue weighted by atomic mass is 10.3. The van der Waals surface area contributed by atoms with Crippen molar-refractivity contribution in [1.82, 2.24) is 0 Å². The van der Waals surface area contributed by atoms with Crippen LogP contribution >= 0.6 is 23.2 Å². The molecule has 0 spiro atoms. The van der Waals surface area contributed by atoms with E-state index in [0.29, 0.717) is 22.4 Å². The van der Waals surface area contributed by atoms with Crippen LogP contribution in [0.5, 0.6) is 5.75 Å². The van der Waals surface area contributed by atoms with Crippen molar-refractivity contribution in [1.29, 1.82) is 0 Å². The summed E-state index contributed by atoms with van der Waals surface area (Å²) in [4.78, 5) is 0. The largest absolute Gasteiger partial charge is 0.492 e. The minimum atomic E-state index is 0.604. The van der Waals surface area contributed by atoms with Crippen LogP contribution in [0.4, 0.5) is 0 Å². The molecule has 0 aliphatic rings. The first kappa shape index (κ1) is 9.69. The molecule has 0 radical (unpaired) electrons. The average molecular weight is 205 g/mol. The van der Waals surface area contributed by atoms with Crippen molar-refractivity contribution in [3.05, 3.63) is 28.2 Å². The van der Waals surface area contributed by atoms with Crippen molar-refractivity contribution in [2.24, 2.45) is 0 Å². The van der Waals surface area contributed by atoms with E-state index >= 15 is 0 Å². The van der Waals surface area contributed by atoms with Gasteiger partial charge in [-0.3, -0.25) is 0 Å². The third-order valence-corrected chi connectivity index (χ3v) is 1.90. The van der Waals surface area contributed by atoms with Crippen LogP contribution in [0.25, 0.3) is 0 Å². The molecule has 0 aliphatic heterocycles. The normalized spacial score (nSPS) is 9.92. The fourth-order valence-electron chi connectivity index (χ4n) is 0.800. The summed E-state index contributed by atoms with van der Waals surface area (Å²) in [5.41, 5.74) is 0. The zero-order chi connectivity index (χ0) is 8.97. The molecule has 1 nitrogen and oxygen atoms in total. The van der Waals surface area contributed by atoms with Gasteiger partial charge in [0.05, 0.1) is 11.6 Å². The molecule has 0 aromatic heterocycles. The molecule has 0 N–H and O–H groups in total. The van der Waals surface area contributed by atoms with E-state index in [0.717, 1.165) is 6.42 Å². The predicted octanol–water partition coefficient (Wildman–Crippen LogP) is 3.78. The second-order valence-electron chi connectivity index (χ2n) is 2.42. The van der Waals surface area contributed by atoms with Crippen molar-refractivity contribution in [2.45, 2.75) is 13.3 Å². The molecule has 66 valence electrons. The number of ether oxygens (including phenoxy) is 1. The molecule has 0 amide bonds. The zero-order valence-electron chi connectivity index (χ0n) is 6.81. The van der Waals surface area contributed by atoms with E-state index in [9.17, 15) is 0 Å². The van der Waals surface area contributed by atoms with Crippen molar-refractivity contribution >= 4 is 23.2 Å². The van der Waals surface area contributed by atoms with E-state index in [1.807, 2.05) is 6.92 Å². The smallest absolute Gasteiger partial charge is 0.139 e. The molecule has 0 bridgehead atoms. The summed E-state index contributed by atoms with van der Waals surface area (Å²) in [5, 5.41) is 1.25. The van der Waals surface area contributed by atoms with E-state index in [4.69, 9.17) is 27.9 Å². The molecular weight excluding hydrogens is 195 g/mol. The summed E-state index contributed by atoms with van der Waals surface area (Å²) in [6, 6.07) is 5.19. The Kier molecular flexibility index (Phi) is 3.70. The molecule has 1 aromatic carbocycles. The van der Waals surface area contributed by atoms with Gasteiger partial charge in [0.2, 0.25) is 0 Å². The lowest BCUT2D eigenvalue weighted by molar-refractivity contribution is 0.317. The van der Waals surface area contributed by atoms with Crippen LogP contribution in [-0.4, -0.2) is 6.61 Å². The lowest BCUT2D eigenvalue weighted by Crippen LogP contribution is -1.95. The number of hydrogen-bond acceptors (Lipinski definition) is 1. The molecule has 1 aromatic rings. The minimum Gasteiger partial charge on any atom is -0.492 e. The second-order valence-corrected chi connectivity index (χ2v) is 3.27.